The number of methoxy groups -OCH3 is 1. The molecule has 5 nitrogen and oxygen atoms in total. The molecule has 1 amide bonds. The second kappa shape index (κ2) is 10.1. The fourth-order valence-electron chi connectivity index (χ4n) is 3.38. The Labute approximate surface area is 173 Å². The van der Waals surface area contributed by atoms with Crippen LogP contribution in [0.3, 0.4) is 0 Å². The Morgan fingerprint density at radius 3 is 2.41 bits per heavy atom. The van der Waals surface area contributed by atoms with E-state index < -0.39 is 0 Å². The first-order valence-corrected chi connectivity index (χ1v) is 10.1. The van der Waals surface area contributed by atoms with E-state index in [1.807, 2.05) is 49.1 Å². The third kappa shape index (κ3) is 6.09. The van der Waals surface area contributed by atoms with Crippen molar-refractivity contribution in [2.75, 3.05) is 33.3 Å². The van der Waals surface area contributed by atoms with Crippen LogP contribution in [0.2, 0.25) is 0 Å². The highest BCUT2D eigenvalue weighted by Crippen LogP contribution is 2.29. The standard InChI is InChI=1S/C24H30N2O3/c1-19(2)29-22-11-9-20(17-23(22)28-3)10-12-24(27)26-15-13-25(14-16-26)18-21-7-5-4-6-8-21/h4-12,17,19H,13-16,18H2,1-3H3/b12-10+. The SMILES string of the molecule is COc1cc(/C=C/C(=O)N2CCN(Cc3ccccc3)CC2)ccc1OC(C)C. The molecule has 2 aromatic carbocycles. The maximum atomic E-state index is 12.6. The molecular weight excluding hydrogens is 364 g/mol. The van der Waals surface area contributed by atoms with Crippen LogP contribution in [-0.2, 0) is 11.3 Å². The highest BCUT2D eigenvalue weighted by molar-refractivity contribution is 5.92. The van der Waals surface area contributed by atoms with Gasteiger partial charge in [-0.3, -0.25) is 9.69 Å². The van der Waals surface area contributed by atoms with Crippen molar-refractivity contribution in [1.29, 1.82) is 0 Å². The van der Waals surface area contributed by atoms with E-state index in [1.165, 1.54) is 5.56 Å². The number of carbonyl (C=O) groups excluding carboxylic acids is 1. The van der Waals surface area contributed by atoms with E-state index in [0.717, 1.165) is 38.3 Å². The van der Waals surface area contributed by atoms with Crippen LogP contribution >= 0.6 is 0 Å². The summed E-state index contributed by atoms with van der Waals surface area (Å²) in [5, 5.41) is 0. The molecule has 2 aromatic rings. The van der Waals surface area contributed by atoms with Crippen molar-refractivity contribution in [3.8, 4) is 11.5 Å². The van der Waals surface area contributed by atoms with Gasteiger partial charge in [0, 0.05) is 38.8 Å². The van der Waals surface area contributed by atoms with Crippen molar-refractivity contribution in [2.45, 2.75) is 26.5 Å². The number of carbonyl (C=O) groups is 1. The molecule has 0 aromatic heterocycles. The summed E-state index contributed by atoms with van der Waals surface area (Å²) in [5.41, 5.74) is 2.22. The minimum atomic E-state index is 0.0471. The van der Waals surface area contributed by atoms with Crippen LogP contribution in [0.25, 0.3) is 6.08 Å². The molecule has 1 heterocycles. The Morgan fingerprint density at radius 2 is 1.76 bits per heavy atom. The predicted octanol–water partition coefficient (Wildman–Crippen LogP) is 3.84. The highest BCUT2D eigenvalue weighted by Gasteiger charge is 2.19. The minimum absolute atomic E-state index is 0.0471. The largest absolute Gasteiger partial charge is 0.493 e. The van der Waals surface area contributed by atoms with Gasteiger partial charge in [-0.15, -0.1) is 0 Å². The zero-order valence-electron chi connectivity index (χ0n) is 17.5. The van der Waals surface area contributed by atoms with Crippen molar-refractivity contribution in [1.82, 2.24) is 9.80 Å². The molecule has 0 N–H and O–H groups in total. The van der Waals surface area contributed by atoms with Crippen molar-refractivity contribution in [2.24, 2.45) is 0 Å². The van der Waals surface area contributed by atoms with Gasteiger partial charge in [0.05, 0.1) is 13.2 Å². The number of rotatable bonds is 7. The highest BCUT2D eigenvalue weighted by atomic mass is 16.5. The fraction of sp³-hybridized carbons (Fsp3) is 0.375. The number of benzene rings is 2. The maximum Gasteiger partial charge on any atom is 0.246 e. The predicted molar refractivity (Wildman–Crippen MR) is 116 cm³/mol. The summed E-state index contributed by atoms with van der Waals surface area (Å²) < 4.78 is 11.1. The lowest BCUT2D eigenvalue weighted by atomic mass is 10.1. The first-order chi connectivity index (χ1) is 14.0. The molecule has 0 unspecified atom stereocenters. The molecular formula is C24H30N2O3. The molecule has 1 aliphatic rings. The van der Waals surface area contributed by atoms with E-state index in [2.05, 4.69) is 29.2 Å². The third-order valence-electron chi connectivity index (χ3n) is 4.90. The van der Waals surface area contributed by atoms with Crippen molar-refractivity contribution in [3.63, 3.8) is 0 Å². The van der Waals surface area contributed by atoms with Crippen LogP contribution in [0.5, 0.6) is 11.5 Å². The molecule has 154 valence electrons. The van der Waals surface area contributed by atoms with E-state index >= 15 is 0 Å². The molecule has 1 saturated heterocycles. The lowest BCUT2D eigenvalue weighted by Gasteiger charge is -2.34. The van der Waals surface area contributed by atoms with Crippen LogP contribution < -0.4 is 9.47 Å². The summed E-state index contributed by atoms with van der Waals surface area (Å²) in [6.07, 6.45) is 3.55. The number of amides is 1. The second-order valence-electron chi connectivity index (χ2n) is 7.50. The Morgan fingerprint density at radius 1 is 1.03 bits per heavy atom. The summed E-state index contributed by atoms with van der Waals surface area (Å²) in [6.45, 7) is 8.18. The number of hydrogen-bond donors (Lipinski definition) is 0. The molecule has 5 heteroatoms. The quantitative estimate of drug-likeness (QED) is 0.669. The molecule has 29 heavy (non-hydrogen) atoms. The van der Waals surface area contributed by atoms with E-state index in [4.69, 9.17) is 9.47 Å². The van der Waals surface area contributed by atoms with Crippen LogP contribution in [-0.4, -0.2) is 55.1 Å². The van der Waals surface area contributed by atoms with Gasteiger partial charge in [-0.1, -0.05) is 36.4 Å². The van der Waals surface area contributed by atoms with Crippen LogP contribution in [0.4, 0.5) is 0 Å². The Bertz CT molecular complexity index is 825. The van der Waals surface area contributed by atoms with Gasteiger partial charge in [0.15, 0.2) is 11.5 Å². The average Bonchev–Trinajstić information content (AvgIpc) is 2.73. The first-order valence-electron chi connectivity index (χ1n) is 10.1. The Balaban J connectivity index is 1.53. The first kappa shape index (κ1) is 20.9. The monoisotopic (exact) mass is 394 g/mol. The van der Waals surface area contributed by atoms with Crippen molar-refractivity contribution in [3.05, 3.63) is 65.7 Å². The number of ether oxygens (including phenoxy) is 2. The molecule has 3 rings (SSSR count). The summed E-state index contributed by atoms with van der Waals surface area (Å²) in [4.78, 5) is 16.9. The van der Waals surface area contributed by atoms with Gasteiger partial charge in [-0.05, 0) is 43.2 Å². The lowest BCUT2D eigenvalue weighted by Crippen LogP contribution is -2.47. The summed E-state index contributed by atoms with van der Waals surface area (Å²) in [6, 6.07) is 16.2. The van der Waals surface area contributed by atoms with E-state index in [0.29, 0.717) is 11.5 Å². The molecule has 0 atom stereocenters. The Hall–Kier alpha value is -2.79. The van der Waals surface area contributed by atoms with Crippen LogP contribution in [0.15, 0.2) is 54.6 Å². The van der Waals surface area contributed by atoms with Gasteiger partial charge in [0.25, 0.3) is 0 Å². The second-order valence-corrected chi connectivity index (χ2v) is 7.50. The molecule has 0 bridgehead atoms. The summed E-state index contributed by atoms with van der Waals surface area (Å²) >= 11 is 0. The molecule has 0 spiro atoms. The fourth-order valence-corrected chi connectivity index (χ4v) is 3.38. The number of hydrogen-bond acceptors (Lipinski definition) is 4. The lowest BCUT2D eigenvalue weighted by molar-refractivity contribution is -0.127. The molecule has 0 radical (unpaired) electrons. The van der Waals surface area contributed by atoms with Gasteiger partial charge >= 0.3 is 0 Å². The van der Waals surface area contributed by atoms with Crippen LogP contribution in [0.1, 0.15) is 25.0 Å². The third-order valence-corrected chi connectivity index (χ3v) is 4.90. The van der Waals surface area contributed by atoms with Gasteiger partial charge in [-0.25, -0.2) is 0 Å². The van der Waals surface area contributed by atoms with Gasteiger partial charge in [0.2, 0.25) is 5.91 Å². The number of nitrogens with zero attached hydrogens (tertiary/aromatic N) is 2. The van der Waals surface area contributed by atoms with Crippen molar-refractivity contribution >= 4 is 12.0 Å². The van der Waals surface area contributed by atoms with Crippen molar-refractivity contribution < 1.29 is 14.3 Å². The van der Waals surface area contributed by atoms with Gasteiger partial charge in [-0.2, -0.15) is 0 Å². The average molecular weight is 395 g/mol. The zero-order chi connectivity index (χ0) is 20.6. The summed E-state index contributed by atoms with van der Waals surface area (Å²) in [5.74, 6) is 1.43. The van der Waals surface area contributed by atoms with Gasteiger partial charge < -0.3 is 14.4 Å². The molecule has 0 saturated carbocycles. The van der Waals surface area contributed by atoms with E-state index in [1.54, 1.807) is 13.2 Å². The normalized spacial score (nSPS) is 15.1. The molecule has 0 aliphatic carbocycles. The number of piperazine rings is 1. The van der Waals surface area contributed by atoms with E-state index in [-0.39, 0.29) is 12.0 Å². The minimum Gasteiger partial charge on any atom is -0.493 e. The summed E-state index contributed by atoms with van der Waals surface area (Å²) in [7, 11) is 1.62. The Kier molecular flexibility index (Phi) is 7.30. The molecule has 1 aliphatic heterocycles. The zero-order valence-corrected chi connectivity index (χ0v) is 17.5. The van der Waals surface area contributed by atoms with Gasteiger partial charge in [0.1, 0.15) is 0 Å². The smallest absolute Gasteiger partial charge is 0.246 e. The maximum absolute atomic E-state index is 12.6. The molecule has 1 fully saturated rings. The topological polar surface area (TPSA) is 42.0 Å². The van der Waals surface area contributed by atoms with E-state index in [9.17, 15) is 4.79 Å². The van der Waals surface area contributed by atoms with Crippen LogP contribution in [0, 0.1) is 0 Å².